The Kier molecular flexibility index (Phi) is 6.24. The Bertz CT molecular complexity index is 813. The summed E-state index contributed by atoms with van der Waals surface area (Å²) in [6, 6.07) is 7.29. The summed E-state index contributed by atoms with van der Waals surface area (Å²) >= 11 is 0. The summed E-state index contributed by atoms with van der Waals surface area (Å²) in [5.74, 6) is 0.428. The first-order valence-electron chi connectivity index (χ1n) is 9.32. The molecular formula is C20H26N4O3. The maximum atomic E-state index is 12.5. The van der Waals surface area contributed by atoms with Crippen molar-refractivity contribution in [3.05, 3.63) is 52.4 Å². The lowest BCUT2D eigenvalue weighted by Crippen LogP contribution is -2.32. The number of nitrogens with one attached hydrogen (secondary N) is 2. The summed E-state index contributed by atoms with van der Waals surface area (Å²) in [5.41, 5.74) is 2.63. The van der Waals surface area contributed by atoms with Crippen LogP contribution in [0.5, 0.6) is 0 Å². The second-order valence-corrected chi connectivity index (χ2v) is 7.04. The van der Waals surface area contributed by atoms with Gasteiger partial charge in [0.15, 0.2) is 5.69 Å². The molecule has 1 aliphatic rings. The molecule has 2 aromatic rings. The molecule has 144 valence electrons. The van der Waals surface area contributed by atoms with Gasteiger partial charge in [0.2, 0.25) is 0 Å². The van der Waals surface area contributed by atoms with Gasteiger partial charge in [-0.1, -0.05) is 23.4 Å². The fourth-order valence-electron chi connectivity index (χ4n) is 3.21. The molecule has 1 aromatic heterocycles. The molecule has 0 saturated carbocycles. The standard InChI is InChI=1S/C20H26N4O3/c1-24(2)12-11-21-19(25)15-8-4-3-7-14(15)13-22-20(26)18-16-9-5-6-10-17(16)27-23-18/h3-4,7-8H,5-6,9-13H2,1-2H3,(H,21,25)(H,22,26). The molecule has 0 atom stereocenters. The zero-order chi connectivity index (χ0) is 19.2. The van der Waals surface area contributed by atoms with E-state index >= 15 is 0 Å². The number of carbonyl (C=O) groups is 2. The van der Waals surface area contributed by atoms with Gasteiger partial charge in [0.1, 0.15) is 5.76 Å². The van der Waals surface area contributed by atoms with Crippen molar-refractivity contribution in [3.63, 3.8) is 0 Å². The lowest BCUT2D eigenvalue weighted by molar-refractivity contribution is 0.0928. The molecular weight excluding hydrogens is 344 g/mol. The number of likely N-dealkylation sites (N-methyl/N-ethyl adjacent to an activating group) is 1. The highest BCUT2D eigenvalue weighted by Gasteiger charge is 2.24. The molecule has 0 spiro atoms. The highest BCUT2D eigenvalue weighted by atomic mass is 16.5. The van der Waals surface area contributed by atoms with Crippen LogP contribution in [-0.4, -0.2) is 49.1 Å². The van der Waals surface area contributed by atoms with Gasteiger partial charge in [-0.15, -0.1) is 0 Å². The van der Waals surface area contributed by atoms with Gasteiger partial charge >= 0.3 is 0 Å². The van der Waals surface area contributed by atoms with E-state index in [2.05, 4.69) is 15.8 Å². The van der Waals surface area contributed by atoms with Gasteiger partial charge in [-0.3, -0.25) is 9.59 Å². The first kappa shape index (κ1) is 19.1. The second kappa shape index (κ2) is 8.81. The van der Waals surface area contributed by atoms with Crippen molar-refractivity contribution in [1.29, 1.82) is 0 Å². The third kappa shape index (κ3) is 4.74. The van der Waals surface area contributed by atoms with E-state index in [1.54, 1.807) is 6.07 Å². The highest BCUT2D eigenvalue weighted by Crippen LogP contribution is 2.24. The molecule has 7 heteroatoms. The van der Waals surface area contributed by atoms with Crippen molar-refractivity contribution < 1.29 is 14.1 Å². The first-order chi connectivity index (χ1) is 13.1. The Balaban J connectivity index is 1.63. The summed E-state index contributed by atoms with van der Waals surface area (Å²) in [6.45, 7) is 1.59. The second-order valence-electron chi connectivity index (χ2n) is 7.04. The van der Waals surface area contributed by atoms with Gasteiger partial charge in [-0.2, -0.15) is 0 Å². The lowest BCUT2D eigenvalue weighted by atomic mass is 9.96. The van der Waals surface area contributed by atoms with Crippen molar-refractivity contribution in [2.75, 3.05) is 27.2 Å². The number of aromatic nitrogens is 1. The van der Waals surface area contributed by atoms with E-state index in [-0.39, 0.29) is 18.4 Å². The molecule has 0 unspecified atom stereocenters. The van der Waals surface area contributed by atoms with Crippen LogP contribution >= 0.6 is 0 Å². The molecule has 1 heterocycles. The molecule has 3 rings (SSSR count). The van der Waals surface area contributed by atoms with Crippen LogP contribution in [-0.2, 0) is 19.4 Å². The Morgan fingerprint density at radius 1 is 1.11 bits per heavy atom. The number of nitrogens with zero attached hydrogens (tertiary/aromatic N) is 2. The van der Waals surface area contributed by atoms with Crippen LogP contribution in [0.1, 0.15) is 50.6 Å². The summed E-state index contributed by atoms with van der Waals surface area (Å²) in [4.78, 5) is 27.0. The van der Waals surface area contributed by atoms with E-state index < -0.39 is 0 Å². The van der Waals surface area contributed by atoms with E-state index in [0.717, 1.165) is 49.1 Å². The zero-order valence-corrected chi connectivity index (χ0v) is 15.9. The van der Waals surface area contributed by atoms with Crippen molar-refractivity contribution in [2.45, 2.75) is 32.2 Å². The number of hydrogen-bond donors (Lipinski definition) is 2. The third-order valence-electron chi connectivity index (χ3n) is 4.71. The maximum absolute atomic E-state index is 12.5. The average Bonchev–Trinajstić information content (AvgIpc) is 3.10. The van der Waals surface area contributed by atoms with Gasteiger partial charge in [0.25, 0.3) is 11.8 Å². The normalized spacial score (nSPS) is 13.3. The number of fused-ring (bicyclic) bond motifs is 1. The van der Waals surface area contributed by atoms with Crippen LogP contribution in [0.3, 0.4) is 0 Å². The Hall–Kier alpha value is -2.67. The number of amides is 2. The molecule has 0 bridgehead atoms. The van der Waals surface area contributed by atoms with Gasteiger partial charge in [-0.25, -0.2) is 0 Å². The van der Waals surface area contributed by atoms with Crippen LogP contribution < -0.4 is 10.6 Å². The van der Waals surface area contributed by atoms with Crippen molar-refractivity contribution in [2.24, 2.45) is 0 Å². The van der Waals surface area contributed by atoms with E-state index in [0.29, 0.717) is 17.8 Å². The van der Waals surface area contributed by atoms with E-state index in [4.69, 9.17) is 4.52 Å². The molecule has 27 heavy (non-hydrogen) atoms. The Labute approximate surface area is 159 Å². The predicted octanol–water partition coefficient (Wildman–Crippen LogP) is 1.77. The largest absolute Gasteiger partial charge is 0.360 e. The number of rotatable bonds is 7. The summed E-state index contributed by atoms with van der Waals surface area (Å²) in [5, 5.41) is 9.73. The predicted molar refractivity (Wildman–Crippen MR) is 102 cm³/mol. The molecule has 1 aliphatic carbocycles. The molecule has 2 N–H and O–H groups in total. The third-order valence-corrected chi connectivity index (χ3v) is 4.71. The molecule has 0 fully saturated rings. The van der Waals surface area contributed by atoms with Gasteiger partial charge in [0, 0.05) is 37.2 Å². The molecule has 1 aromatic carbocycles. The fourth-order valence-corrected chi connectivity index (χ4v) is 3.21. The fraction of sp³-hybridized carbons (Fsp3) is 0.450. The van der Waals surface area contributed by atoms with Gasteiger partial charge in [-0.05, 0) is 45.0 Å². The summed E-state index contributed by atoms with van der Waals surface area (Å²) in [6.07, 6.45) is 3.78. The topological polar surface area (TPSA) is 87.5 Å². The monoisotopic (exact) mass is 370 g/mol. The minimum absolute atomic E-state index is 0.138. The number of aryl methyl sites for hydroxylation is 1. The van der Waals surface area contributed by atoms with Crippen LogP contribution in [0.4, 0.5) is 0 Å². The van der Waals surface area contributed by atoms with Crippen molar-refractivity contribution >= 4 is 11.8 Å². The average molecular weight is 370 g/mol. The smallest absolute Gasteiger partial charge is 0.274 e. The summed E-state index contributed by atoms with van der Waals surface area (Å²) in [7, 11) is 3.91. The highest BCUT2D eigenvalue weighted by molar-refractivity contribution is 5.96. The van der Waals surface area contributed by atoms with Crippen LogP contribution in [0, 0.1) is 0 Å². The minimum Gasteiger partial charge on any atom is -0.360 e. The van der Waals surface area contributed by atoms with Crippen LogP contribution in [0.2, 0.25) is 0 Å². The molecule has 0 radical (unpaired) electrons. The number of hydrogen-bond acceptors (Lipinski definition) is 5. The number of benzene rings is 1. The Morgan fingerprint density at radius 3 is 2.70 bits per heavy atom. The zero-order valence-electron chi connectivity index (χ0n) is 15.9. The molecule has 2 amide bonds. The number of carbonyl (C=O) groups excluding carboxylic acids is 2. The molecule has 7 nitrogen and oxygen atoms in total. The van der Waals surface area contributed by atoms with E-state index in [1.807, 2.05) is 37.2 Å². The van der Waals surface area contributed by atoms with Gasteiger partial charge in [0.05, 0.1) is 0 Å². The SMILES string of the molecule is CN(C)CCNC(=O)c1ccccc1CNC(=O)c1noc2c1CCCC2. The van der Waals surface area contributed by atoms with Crippen molar-refractivity contribution in [3.8, 4) is 0 Å². The maximum Gasteiger partial charge on any atom is 0.274 e. The van der Waals surface area contributed by atoms with Gasteiger partial charge < -0.3 is 20.1 Å². The van der Waals surface area contributed by atoms with Crippen molar-refractivity contribution in [1.82, 2.24) is 20.7 Å². The minimum atomic E-state index is -0.260. The van der Waals surface area contributed by atoms with Crippen LogP contribution in [0.25, 0.3) is 0 Å². The summed E-state index contributed by atoms with van der Waals surface area (Å²) < 4.78 is 5.31. The first-order valence-corrected chi connectivity index (χ1v) is 9.32. The lowest BCUT2D eigenvalue weighted by Gasteiger charge is -2.13. The molecule has 0 aliphatic heterocycles. The quantitative estimate of drug-likeness (QED) is 0.776. The van der Waals surface area contributed by atoms with E-state index in [9.17, 15) is 9.59 Å². The molecule has 0 saturated heterocycles. The van der Waals surface area contributed by atoms with E-state index in [1.165, 1.54) is 0 Å². The van der Waals surface area contributed by atoms with Crippen LogP contribution in [0.15, 0.2) is 28.8 Å². The Morgan fingerprint density at radius 2 is 1.89 bits per heavy atom.